The van der Waals surface area contributed by atoms with Crippen molar-refractivity contribution in [1.82, 2.24) is 0 Å². The van der Waals surface area contributed by atoms with Crippen molar-refractivity contribution in [2.24, 2.45) is 0 Å². The number of carbonyl (C=O) groups excluding carboxylic acids is 1. The predicted molar refractivity (Wildman–Crippen MR) is 32.8 cm³/mol. The van der Waals surface area contributed by atoms with Gasteiger partial charge in [-0.1, -0.05) is 0 Å². The van der Waals surface area contributed by atoms with Crippen molar-refractivity contribution < 1.29 is 14.6 Å². The Bertz CT molecular complexity index is 142. The zero-order valence-corrected chi connectivity index (χ0v) is 5.76. The van der Waals surface area contributed by atoms with Gasteiger partial charge in [0.2, 0.25) is 0 Å². The van der Waals surface area contributed by atoms with Crippen LogP contribution >= 0.6 is 0 Å². The van der Waals surface area contributed by atoms with E-state index < -0.39 is 5.97 Å². The fourth-order valence-corrected chi connectivity index (χ4v) is 0.238. The summed E-state index contributed by atoms with van der Waals surface area (Å²) < 4.78 is 4.31. The molecule has 0 aliphatic carbocycles. The Morgan fingerprint density at radius 3 is 1.89 bits per heavy atom. The van der Waals surface area contributed by atoms with E-state index in [1.807, 2.05) is 0 Å². The minimum atomic E-state index is -0.506. The Balaban J connectivity index is 3.92. The summed E-state index contributed by atoms with van der Waals surface area (Å²) in [6, 6.07) is 0. The second-order valence-corrected chi connectivity index (χ2v) is 1.90. The van der Waals surface area contributed by atoms with E-state index in [-0.39, 0.29) is 5.95 Å². The standard InChI is InChI=1S/C6H10O3/c1-4(2)6(8)9-5(3)7/h8H,1-3H3. The van der Waals surface area contributed by atoms with Crippen molar-refractivity contribution >= 4 is 5.97 Å². The summed E-state index contributed by atoms with van der Waals surface area (Å²) in [5, 5.41) is 8.73. The first-order valence-electron chi connectivity index (χ1n) is 2.59. The lowest BCUT2D eigenvalue weighted by atomic mass is 10.4. The Hall–Kier alpha value is -0.990. The lowest BCUT2D eigenvalue weighted by Crippen LogP contribution is -1.98. The number of aliphatic hydroxyl groups is 1. The van der Waals surface area contributed by atoms with Gasteiger partial charge in [-0.05, 0) is 13.8 Å². The zero-order chi connectivity index (χ0) is 7.44. The Morgan fingerprint density at radius 1 is 1.33 bits per heavy atom. The molecule has 3 heteroatoms. The summed E-state index contributed by atoms with van der Waals surface area (Å²) in [7, 11) is 0. The SMILES string of the molecule is CC(=O)OC(O)=C(C)C. The van der Waals surface area contributed by atoms with Crippen LogP contribution in [-0.2, 0) is 9.53 Å². The van der Waals surface area contributed by atoms with Gasteiger partial charge in [0.25, 0.3) is 5.95 Å². The van der Waals surface area contributed by atoms with Gasteiger partial charge in [-0.3, -0.25) is 4.79 Å². The van der Waals surface area contributed by atoms with Gasteiger partial charge in [0, 0.05) is 12.5 Å². The van der Waals surface area contributed by atoms with Gasteiger partial charge in [0.15, 0.2) is 0 Å². The second kappa shape index (κ2) is 3.12. The number of allylic oxidation sites excluding steroid dienone is 1. The molecule has 0 saturated heterocycles. The summed E-state index contributed by atoms with van der Waals surface area (Å²) >= 11 is 0. The van der Waals surface area contributed by atoms with Gasteiger partial charge in [0.05, 0.1) is 0 Å². The zero-order valence-electron chi connectivity index (χ0n) is 5.76. The van der Waals surface area contributed by atoms with Gasteiger partial charge in [-0.2, -0.15) is 0 Å². The molecule has 0 rings (SSSR count). The number of rotatable bonds is 1. The summed E-state index contributed by atoms with van der Waals surface area (Å²) in [5.74, 6) is -0.809. The van der Waals surface area contributed by atoms with Crippen LogP contribution in [0.3, 0.4) is 0 Å². The average molecular weight is 130 g/mol. The van der Waals surface area contributed by atoms with Gasteiger partial charge in [-0.25, -0.2) is 0 Å². The Kier molecular flexibility index (Phi) is 2.78. The van der Waals surface area contributed by atoms with Crippen molar-refractivity contribution in [3.8, 4) is 0 Å². The molecule has 0 bridgehead atoms. The molecule has 0 radical (unpaired) electrons. The third kappa shape index (κ3) is 3.58. The van der Waals surface area contributed by atoms with Crippen LogP contribution in [0.2, 0.25) is 0 Å². The van der Waals surface area contributed by atoms with E-state index >= 15 is 0 Å². The molecule has 0 amide bonds. The molecule has 52 valence electrons. The Morgan fingerprint density at radius 2 is 1.78 bits per heavy atom. The maximum absolute atomic E-state index is 10.1. The fourth-order valence-electron chi connectivity index (χ4n) is 0.238. The summed E-state index contributed by atoms with van der Waals surface area (Å²) in [4.78, 5) is 10.1. The van der Waals surface area contributed by atoms with E-state index in [0.717, 1.165) is 0 Å². The van der Waals surface area contributed by atoms with Crippen LogP contribution in [0.5, 0.6) is 0 Å². The smallest absolute Gasteiger partial charge is 0.310 e. The highest BCUT2D eigenvalue weighted by Gasteiger charge is 1.98. The molecular formula is C6H10O3. The van der Waals surface area contributed by atoms with Gasteiger partial charge in [-0.15, -0.1) is 0 Å². The fraction of sp³-hybridized carbons (Fsp3) is 0.500. The highest BCUT2D eigenvalue weighted by Crippen LogP contribution is 1.99. The van der Waals surface area contributed by atoms with Crippen LogP contribution in [-0.4, -0.2) is 11.1 Å². The molecule has 0 aliphatic rings. The third-order valence-corrected chi connectivity index (χ3v) is 0.668. The van der Waals surface area contributed by atoms with Gasteiger partial charge in [0.1, 0.15) is 0 Å². The first-order valence-corrected chi connectivity index (χ1v) is 2.59. The minimum Gasteiger partial charge on any atom is -0.481 e. The molecule has 0 aromatic rings. The summed E-state index contributed by atoms with van der Waals surface area (Å²) in [5.41, 5.74) is 0.588. The predicted octanol–water partition coefficient (Wildman–Crippen LogP) is 1.36. The molecule has 0 atom stereocenters. The van der Waals surface area contributed by atoms with E-state index in [9.17, 15) is 4.79 Å². The normalized spacial score (nSPS) is 8.33. The summed E-state index contributed by atoms with van der Waals surface area (Å²) in [6.07, 6.45) is 0. The maximum atomic E-state index is 10.1. The van der Waals surface area contributed by atoms with E-state index in [0.29, 0.717) is 5.57 Å². The largest absolute Gasteiger partial charge is 0.481 e. The number of esters is 1. The third-order valence-electron chi connectivity index (χ3n) is 0.668. The van der Waals surface area contributed by atoms with Crippen LogP contribution in [0.4, 0.5) is 0 Å². The van der Waals surface area contributed by atoms with Crippen molar-refractivity contribution in [2.45, 2.75) is 20.8 Å². The van der Waals surface area contributed by atoms with E-state index in [4.69, 9.17) is 5.11 Å². The van der Waals surface area contributed by atoms with Crippen molar-refractivity contribution in [2.75, 3.05) is 0 Å². The van der Waals surface area contributed by atoms with Crippen LogP contribution < -0.4 is 0 Å². The maximum Gasteiger partial charge on any atom is 0.310 e. The molecule has 0 aliphatic heterocycles. The van der Waals surface area contributed by atoms with Gasteiger partial charge < -0.3 is 9.84 Å². The Labute approximate surface area is 53.9 Å². The number of carbonyl (C=O) groups is 1. The highest BCUT2D eigenvalue weighted by molar-refractivity contribution is 5.67. The van der Waals surface area contributed by atoms with Crippen LogP contribution in [0.15, 0.2) is 11.5 Å². The molecule has 1 N–H and O–H groups in total. The van der Waals surface area contributed by atoms with Gasteiger partial charge >= 0.3 is 5.97 Å². The average Bonchev–Trinajstić information content (AvgIpc) is 1.63. The molecule has 0 aromatic heterocycles. The molecule has 0 fully saturated rings. The molecule has 0 aromatic carbocycles. The van der Waals surface area contributed by atoms with Crippen molar-refractivity contribution in [1.29, 1.82) is 0 Å². The van der Waals surface area contributed by atoms with Crippen LogP contribution in [0.25, 0.3) is 0 Å². The lowest BCUT2D eigenvalue weighted by Gasteiger charge is -1.98. The molecule has 3 nitrogen and oxygen atoms in total. The number of hydrogen-bond donors (Lipinski definition) is 1. The lowest BCUT2D eigenvalue weighted by molar-refractivity contribution is -0.140. The van der Waals surface area contributed by atoms with E-state index in [2.05, 4.69) is 4.74 Å². The first-order chi connectivity index (χ1) is 4.04. The molecule has 0 heterocycles. The number of hydrogen-bond acceptors (Lipinski definition) is 3. The number of ether oxygens (including phenoxy) is 1. The monoisotopic (exact) mass is 130 g/mol. The van der Waals surface area contributed by atoms with Crippen molar-refractivity contribution in [3.63, 3.8) is 0 Å². The molecule has 0 unspecified atom stereocenters. The molecule has 9 heavy (non-hydrogen) atoms. The van der Waals surface area contributed by atoms with Crippen LogP contribution in [0, 0.1) is 0 Å². The highest BCUT2D eigenvalue weighted by atomic mass is 16.6. The summed E-state index contributed by atoms with van der Waals surface area (Å²) in [6.45, 7) is 4.54. The van der Waals surface area contributed by atoms with E-state index in [1.54, 1.807) is 13.8 Å². The van der Waals surface area contributed by atoms with Crippen LogP contribution in [0.1, 0.15) is 20.8 Å². The topological polar surface area (TPSA) is 46.5 Å². The quantitative estimate of drug-likeness (QED) is 0.430. The first kappa shape index (κ1) is 8.01. The minimum absolute atomic E-state index is 0.303. The number of aliphatic hydroxyl groups excluding tert-OH is 1. The van der Waals surface area contributed by atoms with Crippen molar-refractivity contribution in [3.05, 3.63) is 11.5 Å². The molecule has 0 spiro atoms. The molecule has 0 saturated carbocycles. The van der Waals surface area contributed by atoms with E-state index in [1.165, 1.54) is 6.92 Å². The molecular weight excluding hydrogens is 120 g/mol. The second-order valence-electron chi connectivity index (χ2n) is 1.90.